The van der Waals surface area contributed by atoms with E-state index < -0.39 is 6.23 Å². The minimum absolute atomic E-state index is 0.0517. The normalized spacial score (nSPS) is 17.0. The number of nitrogens with zero attached hydrogens (tertiary/aromatic N) is 1. The van der Waals surface area contributed by atoms with Crippen LogP contribution in [0, 0.1) is 0 Å². The van der Waals surface area contributed by atoms with Gasteiger partial charge in [-0.25, -0.2) is 0 Å². The SMILES string of the molecule is CCCCCC(CC)N1C(=O)c2ccc(-c3ccccc3)c3cccc(c23)C1O. The first-order valence-corrected chi connectivity index (χ1v) is 10.8. The van der Waals surface area contributed by atoms with Gasteiger partial charge in [-0.15, -0.1) is 0 Å². The highest BCUT2D eigenvalue weighted by atomic mass is 16.3. The smallest absolute Gasteiger partial charge is 0.257 e. The molecule has 1 aliphatic rings. The molecule has 1 heterocycles. The Balaban J connectivity index is 1.81. The summed E-state index contributed by atoms with van der Waals surface area (Å²) in [4.78, 5) is 15.2. The van der Waals surface area contributed by atoms with Crippen molar-refractivity contribution in [2.24, 2.45) is 0 Å². The van der Waals surface area contributed by atoms with Crippen LogP contribution in [0.1, 0.15) is 68.1 Å². The average Bonchev–Trinajstić information content (AvgIpc) is 2.76. The molecule has 3 heteroatoms. The maximum atomic E-state index is 13.5. The molecule has 3 aromatic carbocycles. The maximum absolute atomic E-state index is 13.5. The molecule has 1 N–H and O–H groups in total. The van der Waals surface area contributed by atoms with Crippen LogP contribution in [0.4, 0.5) is 0 Å². The van der Waals surface area contributed by atoms with Gasteiger partial charge in [0.15, 0.2) is 6.23 Å². The minimum Gasteiger partial charge on any atom is -0.369 e. The van der Waals surface area contributed by atoms with Crippen molar-refractivity contribution >= 4 is 16.7 Å². The summed E-state index contributed by atoms with van der Waals surface area (Å²) in [6, 6.07) is 20.3. The van der Waals surface area contributed by atoms with Gasteiger partial charge in [-0.3, -0.25) is 4.79 Å². The van der Waals surface area contributed by atoms with E-state index in [9.17, 15) is 9.90 Å². The van der Waals surface area contributed by atoms with E-state index in [4.69, 9.17) is 0 Å². The second-order valence-corrected chi connectivity index (χ2v) is 7.94. The summed E-state index contributed by atoms with van der Waals surface area (Å²) in [6.45, 7) is 4.29. The van der Waals surface area contributed by atoms with E-state index in [0.717, 1.165) is 59.6 Å². The van der Waals surface area contributed by atoms with Gasteiger partial charge in [0.2, 0.25) is 0 Å². The number of carbonyl (C=O) groups excluding carboxylic acids is 1. The molecule has 0 spiro atoms. The third-order valence-electron chi connectivity index (χ3n) is 6.17. The Labute approximate surface area is 173 Å². The zero-order valence-corrected chi connectivity index (χ0v) is 17.3. The van der Waals surface area contributed by atoms with Crippen LogP contribution >= 0.6 is 0 Å². The lowest BCUT2D eigenvalue weighted by Crippen LogP contribution is -2.45. The second-order valence-electron chi connectivity index (χ2n) is 7.94. The minimum atomic E-state index is -0.892. The molecule has 0 saturated carbocycles. The maximum Gasteiger partial charge on any atom is 0.257 e. The van der Waals surface area contributed by atoms with E-state index in [1.54, 1.807) is 4.90 Å². The lowest BCUT2D eigenvalue weighted by molar-refractivity contribution is -0.0186. The number of aliphatic hydroxyl groups is 1. The van der Waals surface area contributed by atoms with Gasteiger partial charge >= 0.3 is 0 Å². The van der Waals surface area contributed by atoms with Gasteiger partial charge < -0.3 is 10.0 Å². The molecule has 0 aliphatic carbocycles. The molecule has 3 nitrogen and oxygen atoms in total. The molecule has 0 saturated heterocycles. The van der Waals surface area contributed by atoms with Crippen molar-refractivity contribution in [3.05, 3.63) is 71.8 Å². The Bertz CT molecular complexity index is 1010. The number of rotatable bonds is 7. The molecule has 150 valence electrons. The van der Waals surface area contributed by atoms with E-state index in [1.807, 2.05) is 42.5 Å². The summed E-state index contributed by atoms with van der Waals surface area (Å²) >= 11 is 0. The van der Waals surface area contributed by atoms with Gasteiger partial charge in [0, 0.05) is 22.6 Å². The van der Waals surface area contributed by atoms with Crippen LogP contribution in [-0.4, -0.2) is 22.0 Å². The first kappa shape index (κ1) is 19.7. The summed E-state index contributed by atoms with van der Waals surface area (Å²) in [5.41, 5.74) is 3.75. The fraction of sp³-hybridized carbons (Fsp3) is 0.346. The summed E-state index contributed by atoms with van der Waals surface area (Å²) in [7, 11) is 0. The van der Waals surface area contributed by atoms with Crippen molar-refractivity contribution in [2.45, 2.75) is 58.2 Å². The molecular formula is C26H29NO2. The third kappa shape index (κ3) is 3.44. The number of benzene rings is 3. The van der Waals surface area contributed by atoms with Crippen LogP contribution < -0.4 is 0 Å². The molecule has 2 atom stereocenters. The van der Waals surface area contributed by atoms with Gasteiger partial charge in [-0.05, 0) is 35.4 Å². The molecule has 4 rings (SSSR count). The largest absolute Gasteiger partial charge is 0.369 e. The van der Waals surface area contributed by atoms with Crippen LogP contribution in [0.15, 0.2) is 60.7 Å². The molecule has 1 aliphatic heterocycles. The summed E-state index contributed by atoms with van der Waals surface area (Å²) < 4.78 is 0. The second kappa shape index (κ2) is 8.38. The number of aliphatic hydroxyl groups excluding tert-OH is 1. The van der Waals surface area contributed by atoms with Gasteiger partial charge in [0.1, 0.15) is 0 Å². The Morgan fingerprint density at radius 2 is 1.69 bits per heavy atom. The lowest BCUT2D eigenvalue weighted by atomic mass is 9.87. The van der Waals surface area contributed by atoms with E-state index >= 15 is 0 Å². The van der Waals surface area contributed by atoms with Crippen LogP contribution in [0.2, 0.25) is 0 Å². The first-order chi connectivity index (χ1) is 14.2. The Morgan fingerprint density at radius 1 is 0.931 bits per heavy atom. The molecule has 29 heavy (non-hydrogen) atoms. The Kier molecular flexibility index (Phi) is 5.68. The number of unbranched alkanes of at least 4 members (excludes halogenated alkanes) is 2. The molecule has 0 bridgehead atoms. The molecule has 3 aromatic rings. The third-order valence-corrected chi connectivity index (χ3v) is 6.17. The molecular weight excluding hydrogens is 358 g/mol. The summed E-state index contributed by atoms with van der Waals surface area (Å²) in [5, 5.41) is 13.1. The predicted molar refractivity (Wildman–Crippen MR) is 119 cm³/mol. The fourth-order valence-corrected chi connectivity index (χ4v) is 4.63. The van der Waals surface area contributed by atoms with E-state index in [0.29, 0.717) is 5.56 Å². The number of hydrogen-bond donors (Lipinski definition) is 1. The van der Waals surface area contributed by atoms with E-state index in [-0.39, 0.29) is 11.9 Å². The monoisotopic (exact) mass is 387 g/mol. The van der Waals surface area contributed by atoms with Gasteiger partial charge in [-0.1, -0.05) is 87.7 Å². The van der Waals surface area contributed by atoms with Crippen molar-refractivity contribution in [2.75, 3.05) is 0 Å². The summed E-state index contributed by atoms with van der Waals surface area (Å²) in [6.07, 6.45) is 4.27. The van der Waals surface area contributed by atoms with Gasteiger partial charge in [-0.2, -0.15) is 0 Å². The lowest BCUT2D eigenvalue weighted by Gasteiger charge is -2.39. The van der Waals surface area contributed by atoms with Crippen molar-refractivity contribution in [3.63, 3.8) is 0 Å². The standard InChI is InChI=1S/C26H29NO2/c1-3-5-7-13-19(4-2)27-25(28)22-15-10-14-21-20(18-11-8-6-9-12-18)16-17-23(24(21)22)26(27)29/h6,8-12,14-17,19,25,28H,3-5,7,13H2,1-2H3. The van der Waals surface area contributed by atoms with E-state index in [2.05, 4.69) is 32.0 Å². The molecule has 1 amide bonds. The Morgan fingerprint density at radius 3 is 2.41 bits per heavy atom. The van der Waals surface area contributed by atoms with Crippen molar-refractivity contribution < 1.29 is 9.90 Å². The number of hydrogen-bond acceptors (Lipinski definition) is 2. The van der Waals surface area contributed by atoms with Gasteiger partial charge in [0.05, 0.1) is 0 Å². The zero-order valence-electron chi connectivity index (χ0n) is 17.3. The fourth-order valence-electron chi connectivity index (χ4n) is 4.63. The highest BCUT2D eigenvalue weighted by Gasteiger charge is 2.36. The zero-order chi connectivity index (χ0) is 20.4. The Hall–Kier alpha value is -2.65. The van der Waals surface area contributed by atoms with Crippen LogP contribution in [-0.2, 0) is 0 Å². The highest BCUT2D eigenvalue weighted by Crippen LogP contribution is 2.41. The van der Waals surface area contributed by atoms with Crippen molar-refractivity contribution in [1.29, 1.82) is 0 Å². The molecule has 0 fully saturated rings. The molecule has 0 aromatic heterocycles. The number of amides is 1. The van der Waals surface area contributed by atoms with Gasteiger partial charge in [0.25, 0.3) is 5.91 Å². The predicted octanol–water partition coefficient (Wildman–Crippen LogP) is 6.31. The average molecular weight is 388 g/mol. The summed E-state index contributed by atoms with van der Waals surface area (Å²) in [5.74, 6) is -0.0517. The van der Waals surface area contributed by atoms with E-state index in [1.165, 1.54) is 0 Å². The van der Waals surface area contributed by atoms with Crippen LogP contribution in [0.3, 0.4) is 0 Å². The first-order valence-electron chi connectivity index (χ1n) is 10.8. The molecule has 2 unspecified atom stereocenters. The van der Waals surface area contributed by atoms with Crippen LogP contribution in [0.5, 0.6) is 0 Å². The molecule has 0 radical (unpaired) electrons. The van der Waals surface area contributed by atoms with Crippen molar-refractivity contribution in [1.82, 2.24) is 4.90 Å². The quantitative estimate of drug-likeness (QED) is 0.482. The van der Waals surface area contributed by atoms with Crippen LogP contribution in [0.25, 0.3) is 21.9 Å². The number of carbonyl (C=O) groups is 1. The van der Waals surface area contributed by atoms with Crippen molar-refractivity contribution in [3.8, 4) is 11.1 Å². The topological polar surface area (TPSA) is 40.5 Å². The highest BCUT2D eigenvalue weighted by molar-refractivity contribution is 6.14.